The van der Waals surface area contributed by atoms with Crippen LogP contribution in [0.4, 0.5) is 8.78 Å². The smallest absolute Gasteiger partial charge is 0.251 e. The van der Waals surface area contributed by atoms with Gasteiger partial charge in [0.1, 0.15) is 0 Å². The lowest BCUT2D eigenvalue weighted by Gasteiger charge is -2.12. The maximum atomic E-state index is 12.9. The summed E-state index contributed by atoms with van der Waals surface area (Å²) >= 11 is 0. The number of hydrogen-bond acceptors (Lipinski definition) is 1. The predicted octanol–water partition coefficient (Wildman–Crippen LogP) is 2.88. The van der Waals surface area contributed by atoms with Crippen LogP contribution in [-0.2, 0) is 0 Å². The molecule has 0 radical (unpaired) electrons. The van der Waals surface area contributed by atoms with E-state index in [0.717, 1.165) is 25.0 Å². The average molecular weight is 227 g/mol. The molecule has 2 nitrogen and oxygen atoms in total. The fraction of sp³-hybridized carbons (Fsp3) is 0.417. The minimum Gasteiger partial charge on any atom is -0.350 e. The summed E-state index contributed by atoms with van der Waals surface area (Å²) in [5, 5.41) is 2.72. The Balaban J connectivity index is 2.69. The first-order chi connectivity index (χ1) is 7.54. The molecule has 0 aromatic heterocycles. The highest BCUT2D eigenvalue weighted by molar-refractivity contribution is 5.94. The van der Waals surface area contributed by atoms with E-state index in [0.29, 0.717) is 0 Å². The Kier molecular flexibility index (Phi) is 4.40. The highest BCUT2D eigenvalue weighted by Crippen LogP contribution is 2.09. The number of carbonyl (C=O) groups is 1. The number of carbonyl (C=O) groups excluding carboxylic acids is 1. The topological polar surface area (TPSA) is 29.1 Å². The van der Waals surface area contributed by atoms with Gasteiger partial charge in [-0.1, -0.05) is 13.3 Å². The van der Waals surface area contributed by atoms with Crippen molar-refractivity contribution in [2.24, 2.45) is 0 Å². The van der Waals surface area contributed by atoms with Crippen molar-refractivity contribution in [3.8, 4) is 0 Å². The van der Waals surface area contributed by atoms with E-state index in [1.165, 1.54) is 6.07 Å². The zero-order chi connectivity index (χ0) is 12.1. The Morgan fingerprint density at radius 3 is 2.62 bits per heavy atom. The van der Waals surface area contributed by atoms with Crippen molar-refractivity contribution in [3.63, 3.8) is 0 Å². The molecule has 1 aromatic carbocycles. The Labute approximate surface area is 93.7 Å². The van der Waals surface area contributed by atoms with E-state index in [1.807, 2.05) is 13.8 Å². The molecule has 0 saturated carbocycles. The van der Waals surface area contributed by atoms with Crippen LogP contribution in [0.3, 0.4) is 0 Å². The summed E-state index contributed by atoms with van der Waals surface area (Å²) in [7, 11) is 0. The fourth-order valence-electron chi connectivity index (χ4n) is 1.45. The van der Waals surface area contributed by atoms with Crippen LogP contribution in [0.2, 0.25) is 0 Å². The van der Waals surface area contributed by atoms with Crippen LogP contribution in [-0.4, -0.2) is 11.9 Å². The quantitative estimate of drug-likeness (QED) is 0.841. The van der Waals surface area contributed by atoms with Crippen LogP contribution in [0.5, 0.6) is 0 Å². The zero-order valence-electron chi connectivity index (χ0n) is 9.39. The lowest BCUT2D eigenvalue weighted by molar-refractivity contribution is 0.0937. The van der Waals surface area contributed by atoms with Gasteiger partial charge < -0.3 is 5.32 Å². The third-order valence-electron chi connectivity index (χ3n) is 2.28. The summed E-state index contributed by atoms with van der Waals surface area (Å²) in [6.07, 6.45) is 1.81. The van der Waals surface area contributed by atoms with E-state index in [4.69, 9.17) is 0 Å². The highest BCUT2D eigenvalue weighted by Gasteiger charge is 2.11. The molecule has 0 aliphatic rings. The molecule has 1 N–H and O–H groups in total. The summed E-state index contributed by atoms with van der Waals surface area (Å²) in [5.74, 6) is -2.33. The van der Waals surface area contributed by atoms with Gasteiger partial charge in [0, 0.05) is 11.6 Å². The van der Waals surface area contributed by atoms with E-state index in [2.05, 4.69) is 5.32 Å². The van der Waals surface area contributed by atoms with Gasteiger partial charge >= 0.3 is 0 Å². The van der Waals surface area contributed by atoms with Crippen molar-refractivity contribution in [1.29, 1.82) is 0 Å². The van der Waals surface area contributed by atoms with Crippen LogP contribution < -0.4 is 5.32 Å². The number of amides is 1. The van der Waals surface area contributed by atoms with Gasteiger partial charge in [-0.2, -0.15) is 0 Å². The summed E-state index contributed by atoms with van der Waals surface area (Å²) in [5.41, 5.74) is 0.141. The van der Waals surface area contributed by atoms with Gasteiger partial charge in [-0.3, -0.25) is 4.79 Å². The Morgan fingerprint density at radius 2 is 2.06 bits per heavy atom. The number of halogens is 2. The molecule has 4 heteroatoms. The fourth-order valence-corrected chi connectivity index (χ4v) is 1.45. The molecule has 0 saturated heterocycles. The molecule has 1 atom stereocenters. The second-order valence-corrected chi connectivity index (χ2v) is 3.79. The molecule has 0 aliphatic heterocycles. The number of hydrogen-bond donors (Lipinski definition) is 1. The normalized spacial score (nSPS) is 12.2. The van der Waals surface area contributed by atoms with Crippen molar-refractivity contribution in [3.05, 3.63) is 35.4 Å². The Morgan fingerprint density at radius 1 is 1.38 bits per heavy atom. The first kappa shape index (κ1) is 12.6. The third-order valence-corrected chi connectivity index (χ3v) is 2.28. The van der Waals surface area contributed by atoms with E-state index < -0.39 is 11.6 Å². The van der Waals surface area contributed by atoms with Crippen molar-refractivity contribution >= 4 is 5.91 Å². The number of rotatable bonds is 4. The first-order valence-corrected chi connectivity index (χ1v) is 5.30. The second-order valence-electron chi connectivity index (χ2n) is 3.79. The summed E-state index contributed by atoms with van der Waals surface area (Å²) < 4.78 is 25.5. The molecular weight excluding hydrogens is 212 g/mol. The average Bonchev–Trinajstić information content (AvgIpc) is 2.22. The molecule has 88 valence electrons. The van der Waals surface area contributed by atoms with E-state index in [9.17, 15) is 13.6 Å². The van der Waals surface area contributed by atoms with Gasteiger partial charge in [0.05, 0.1) is 0 Å². The van der Waals surface area contributed by atoms with Gasteiger partial charge in [-0.25, -0.2) is 8.78 Å². The molecule has 1 rings (SSSR count). The van der Waals surface area contributed by atoms with Gasteiger partial charge in [0.2, 0.25) is 0 Å². The number of benzene rings is 1. The molecule has 0 fully saturated rings. The molecule has 0 unspecified atom stereocenters. The monoisotopic (exact) mass is 227 g/mol. The van der Waals surface area contributed by atoms with E-state index >= 15 is 0 Å². The van der Waals surface area contributed by atoms with Crippen LogP contribution in [0, 0.1) is 11.6 Å². The molecule has 0 spiro atoms. The first-order valence-electron chi connectivity index (χ1n) is 5.30. The molecule has 0 bridgehead atoms. The van der Waals surface area contributed by atoms with Crippen molar-refractivity contribution in [2.45, 2.75) is 32.7 Å². The molecule has 1 aromatic rings. The lowest BCUT2D eigenvalue weighted by atomic mass is 10.1. The molecule has 0 aliphatic carbocycles. The summed E-state index contributed by atoms with van der Waals surface area (Å²) in [6, 6.07) is 3.16. The molecule has 1 amide bonds. The Bertz CT molecular complexity index is 379. The summed E-state index contributed by atoms with van der Waals surface area (Å²) in [6.45, 7) is 3.89. The maximum Gasteiger partial charge on any atom is 0.251 e. The van der Waals surface area contributed by atoms with Gasteiger partial charge in [0.15, 0.2) is 11.6 Å². The van der Waals surface area contributed by atoms with Crippen LogP contribution in [0.15, 0.2) is 18.2 Å². The minimum atomic E-state index is -1.00. The zero-order valence-corrected chi connectivity index (χ0v) is 9.39. The molecule has 0 heterocycles. The van der Waals surface area contributed by atoms with Gasteiger partial charge in [-0.15, -0.1) is 0 Å². The minimum absolute atomic E-state index is 0.0330. The van der Waals surface area contributed by atoms with Crippen molar-refractivity contribution < 1.29 is 13.6 Å². The Hall–Kier alpha value is -1.45. The SMILES string of the molecule is CCC[C@H](C)NC(=O)c1ccc(F)c(F)c1. The largest absolute Gasteiger partial charge is 0.350 e. The standard InChI is InChI=1S/C12H15F2NO/c1-3-4-8(2)15-12(16)9-5-6-10(13)11(14)7-9/h5-8H,3-4H2,1-2H3,(H,15,16)/t8-/m0/s1. The van der Waals surface area contributed by atoms with Crippen molar-refractivity contribution in [2.75, 3.05) is 0 Å². The molecular formula is C12H15F2NO. The maximum absolute atomic E-state index is 12.9. The lowest BCUT2D eigenvalue weighted by Crippen LogP contribution is -2.32. The van der Waals surface area contributed by atoms with Crippen LogP contribution >= 0.6 is 0 Å². The van der Waals surface area contributed by atoms with Crippen LogP contribution in [0.1, 0.15) is 37.0 Å². The third kappa shape index (κ3) is 3.29. The second kappa shape index (κ2) is 5.58. The summed E-state index contributed by atoms with van der Waals surface area (Å²) in [4.78, 5) is 11.6. The predicted molar refractivity (Wildman–Crippen MR) is 58.2 cm³/mol. The van der Waals surface area contributed by atoms with Crippen LogP contribution in [0.25, 0.3) is 0 Å². The number of nitrogens with one attached hydrogen (secondary N) is 1. The van der Waals surface area contributed by atoms with Crippen molar-refractivity contribution in [1.82, 2.24) is 5.32 Å². The van der Waals surface area contributed by atoms with Gasteiger partial charge in [-0.05, 0) is 31.5 Å². The van der Waals surface area contributed by atoms with E-state index in [1.54, 1.807) is 0 Å². The van der Waals surface area contributed by atoms with E-state index in [-0.39, 0.29) is 17.5 Å². The highest BCUT2D eigenvalue weighted by atomic mass is 19.2. The molecule has 16 heavy (non-hydrogen) atoms. The van der Waals surface area contributed by atoms with Gasteiger partial charge in [0.25, 0.3) is 5.91 Å².